The molecule has 0 spiro atoms. The average Bonchev–Trinajstić information content (AvgIpc) is 3.61. The summed E-state index contributed by atoms with van der Waals surface area (Å²) >= 11 is 0. The highest BCUT2D eigenvalue weighted by Gasteiger charge is 2.19. The van der Waals surface area contributed by atoms with E-state index in [-0.39, 0.29) is 5.56 Å². The summed E-state index contributed by atoms with van der Waals surface area (Å²) in [6.45, 7) is 2.52. The fourth-order valence-corrected chi connectivity index (χ4v) is 4.81. The van der Waals surface area contributed by atoms with Crippen LogP contribution >= 0.6 is 0 Å². The van der Waals surface area contributed by atoms with Crippen LogP contribution in [0.25, 0.3) is 22.4 Å². The Morgan fingerprint density at radius 3 is 2.46 bits per heavy atom. The topological polar surface area (TPSA) is 112 Å². The number of hydrogen-bond acceptors (Lipinski definition) is 8. The van der Waals surface area contributed by atoms with E-state index in [4.69, 9.17) is 0 Å². The second kappa shape index (κ2) is 10.6. The SMILES string of the molecule is CN1CCC(n2cc(-c3cnc(Nc4cccc(Cn5nc(-c6cnn(C)c6)ccc5=O)c4)nc3)cn2)CC1. The predicted molar refractivity (Wildman–Crippen MR) is 149 cm³/mol. The maximum Gasteiger partial charge on any atom is 0.267 e. The first kappa shape index (κ1) is 24.7. The molecule has 1 aliphatic heterocycles. The van der Waals surface area contributed by atoms with Crippen molar-refractivity contribution in [2.75, 3.05) is 25.5 Å². The standard InChI is InChI=1S/C28H30N10O/c1-35-10-8-25(9-11-35)37-19-22(15-32-37)21-13-29-28(30-14-21)33-24-5-3-4-20(12-24)17-38-27(39)7-6-26(34-38)23-16-31-36(2)18-23/h3-7,12-16,18-19,25H,8-11,17H2,1-2H3,(H,29,30,33). The second-order valence-electron chi connectivity index (χ2n) is 9.98. The molecule has 6 rings (SSSR count). The molecule has 0 radical (unpaired) electrons. The first-order valence-electron chi connectivity index (χ1n) is 13.0. The number of hydrogen-bond donors (Lipinski definition) is 1. The van der Waals surface area contributed by atoms with Crippen LogP contribution in [0.3, 0.4) is 0 Å². The quantitative estimate of drug-likeness (QED) is 0.346. The minimum Gasteiger partial charge on any atom is -0.324 e. The van der Waals surface area contributed by atoms with E-state index in [1.165, 1.54) is 10.7 Å². The van der Waals surface area contributed by atoms with Gasteiger partial charge in [-0.25, -0.2) is 14.6 Å². The van der Waals surface area contributed by atoms with Crippen molar-refractivity contribution in [3.8, 4) is 22.4 Å². The molecule has 0 amide bonds. The molecule has 1 fully saturated rings. The maximum atomic E-state index is 12.5. The monoisotopic (exact) mass is 522 g/mol. The minimum atomic E-state index is -0.168. The van der Waals surface area contributed by atoms with Gasteiger partial charge in [0.1, 0.15) is 0 Å². The lowest BCUT2D eigenvalue weighted by molar-refractivity contribution is 0.212. The highest BCUT2D eigenvalue weighted by Crippen LogP contribution is 2.25. The minimum absolute atomic E-state index is 0.168. The molecule has 198 valence electrons. The molecule has 11 heteroatoms. The fourth-order valence-electron chi connectivity index (χ4n) is 4.81. The molecule has 5 aromatic rings. The largest absolute Gasteiger partial charge is 0.324 e. The van der Waals surface area contributed by atoms with E-state index < -0.39 is 0 Å². The van der Waals surface area contributed by atoms with Crippen LogP contribution in [0.4, 0.5) is 11.6 Å². The van der Waals surface area contributed by atoms with E-state index in [2.05, 4.69) is 53.4 Å². The van der Waals surface area contributed by atoms with Crippen molar-refractivity contribution < 1.29 is 0 Å². The van der Waals surface area contributed by atoms with Gasteiger partial charge in [0.25, 0.3) is 5.56 Å². The molecule has 1 N–H and O–H groups in total. The molecule has 0 aliphatic carbocycles. The van der Waals surface area contributed by atoms with Crippen molar-refractivity contribution in [1.82, 2.24) is 44.2 Å². The molecule has 0 unspecified atom stereocenters. The number of nitrogens with zero attached hydrogens (tertiary/aromatic N) is 9. The molecule has 1 aromatic carbocycles. The van der Waals surface area contributed by atoms with Crippen LogP contribution in [0.15, 0.2) is 78.4 Å². The number of rotatable bonds is 7. The Morgan fingerprint density at radius 2 is 1.69 bits per heavy atom. The van der Waals surface area contributed by atoms with Gasteiger partial charge in [-0.1, -0.05) is 12.1 Å². The van der Waals surface area contributed by atoms with Crippen molar-refractivity contribution in [2.24, 2.45) is 7.05 Å². The zero-order valence-electron chi connectivity index (χ0n) is 22.0. The lowest BCUT2D eigenvalue weighted by Gasteiger charge is -2.28. The van der Waals surface area contributed by atoms with Crippen LogP contribution in [0, 0.1) is 0 Å². The van der Waals surface area contributed by atoms with Gasteiger partial charge < -0.3 is 10.2 Å². The summed E-state index contributed by atoms with van der Waals surface area (Å²) in [5, 5.41) is 16.6. The first-order valence-corrected chi connectivity index (χ1v) is 13.0. The van der Waals surface area contributed by atoms with Crippen molar-refractivity contribution in [2.45, 2.75) is 25.4 Å². The maximum absolute atomic E-state index is 12.5. The number of likely N-dealkylation sites (tertiary alicyclic amines) is 1. The zero-order chi connectivity index (χ0) is 26.8. The normalized spacial score (nSPS) is 14.5. The van der Waals surface area contributed by atoms with E-state index in [1.807, 2.05) is 56.1 Å². The number of anilines is 2. The summed E-state index contributed by atoms with van der Waals surface area (Å²) in [6, 6.07) is 11.5. The Hall–Kier alpha value is -4.64. The molecule has 0 atom stereocenters. The van der Waals surface area contributed by atoms with Gasteiger partial charge in [-0.15, -0.1) is 0 Å². The van der Waals surface area contributed by atoms with Gasteiger partial charge in [0.2, 0.25) is 5.95 Å². The summed E-state index contributed by atoms with van der Waals surface area (Å²) in [6.07, 6.45) is 13.4. The van der Waals surface area contributed by atoms with Gasteiger partial charge in [-0.05, 0) is 56.7 Å². The van der Waals surface area contributed by atoms with Crippen LogP contribution in [0.2, 0.25) is 0 Å². The van der Waals surface area contributed by atoms with Gasteiger partial charge >= 0.3 is 0 Å². The highest BCUT2D eigenvalue weighted by molar-refractivity contribution is 5.61. The van der Waals surface area contributed by atoms with Crippen molar-refractivity contribution in [1.29, 1.82) is 0 Å². The van der Waals surface area contributed by atoms with Gasteiger partial charge in [0, 0.05) is 60.3 Å². The molecule has 1 aliphatic rings. The van der Waals surface area contributed by atoms with Crippen LogP contribution in [-0.2, 0) is 13.6 Å². The first-order chi connectivity index (χ1) is 19.0. The molecule has 0 saturated carbocycles. The lowest BCUT2D eigenvalue weighted by Crippen LogP contribution is -2.31. The van der Waals surface area contributed by atoms with E-state index in [1.54, 1.807) is 16.9 Å². The average molecular weight is 523 g/mol. The summed E-state index contributed by atoms with van der Waals surface area (Å²) in [5.74, 6) is 0.493. The van der Waals surface area contributed by atoms with Gasteiger partial charge in [0.05, 0.1) is 30.7 Å². The van der Waals surface area contributed by atoms with E-state index in [0.29, 0.717) is 24.2 Å². The molecule has 0 bridgehead atoms. The Labute approximate surface area is 225 Å². The number of aryl methyl sites for hydroxylation is 1. The van der Waals surface area contributed by atoms with Crippen molar-refractivity contribution in [3.63, 3.8) is 0 Å². The lowest BCUT2D eigenvalue weighted by atomic mass is 10.1. The summed E-state index contributed by atoms with van der Waals surface area (Å²) in [5.41, 5.74) is 5.07. The van der Waals surface area contributed by atoms with Crippen LogP contribution < -0.4 is 10.9 Å². The van der Waals surface area contributed by atoms with Crippen LogP contribution in [-0.4, -0.2) is 64.3 Å². The van der Waals surface area contributed by atoms with Gasteiger partial charge in [0.15, 0.2) is 0 Å². The molecule has 1 saturated heterocycles. The smallest absolute Gasteiger partial charge is 0.267 e. The second-order valence-corrected chi connectivity index (χ2v) is 9.98. The highest BCUT2D eigenvalue weighted by atomic mass is 16.1. The molecular weight excluding hydrogens is 492 g/mol. The van der Waals surface area contributed by atoms with Gasteiger partial charge in [-0.2, -0.15) is 15.3 Å². The Kier molecular flexibility index (Phi) is 6.72. The third-order valence-corrected chi connectivity index (χ3v) is 7.03. The summed E-state index contributed by atoms with van der Waals surface area (Å²) < 4.78 is 5.24. The van der Waals surface area contributed by atoms with Gasteiger partial charge in [-0.3, -0.25) is 14.2 Å². The third-order valence-electron chi connectivity index (χ3n) is 7.03. The Morgan fingerprint density at radius 1 is 0.897 bits per heavy atom. The summed E-state index contributed by atoms with van der Waals surface area (Å²) in [4.78, 5) is 23.9. The molecule has 5 heterocycles. The van der Waals surface area contributed by atoms with Crippen LogP contribution in [0.1, 0.15) is 24.4 Å². The number of aromatic nitrogens is 8. The van der Waals surface area contributed by atoms with Crippen LogP contribution in [0.5, 0.6) is 0 Å². The fraction of sp³-hybridized carbons (Fsp3) is 0.286. The van der Waals surface area contributed by atoms with E-state index in [0.717, 1.165) is 53.9 Å². The third kappa shape index (κ3) is 5.63. The van der Waals surface area contributed by atoms with E-state index in [9.17, 15) is 4.79 Å². The number of piperidine rings is 1. The zero-order valence-corrected chi connectivity index (χ0v) is 22.0. The predicted octanol–water partition coefficient (Wildman–Crippen LogP) is 3.36. The molecule has 11 nitrogen and oxygen atoms in total. The Balaban J connectivity index is 1.13. The number of benzene rings is 1. The Bertz CT molecular complexity index is 1630. The van der Waals surface area contributed by atoms with Crippen molar-refractivity contribution >= 4 is 11.6 Å². The molecular formula is C28H30N10O. The molecule has 4 aromatic heterocycles. The number of nitrogens with one attached hydrogen (secondary N) is 1. The van der Waals surface area contributed by atoms with Crippen molar-refractivity contribution in [3.05, 3.63) is 89.5 Å². The van der Waals surface area contributed by atoms with E-state index >= 15 is 0 Å². The summed E-state index contributed by atoms with van der Waals surface area (Å²) in [7, 11) is 4.01. The molecule has 39 heavy (non-hydrogen) atoms.